The zero-order chi connectivity index (χ0) is 9.14. The molecule has 0 saturated carbocycles. The van der Waals surface area contributed by atoms with Crippen molar-refractivity contribution >= 4 is 5.78 Å². The molecule has 2 N–H and O–H groups in total. The van der Waals surface area contributed by atoms with Gasteiger partial charge >= 0.3 is 0 Å². The summed E-state index contributed by atoms with van der Waals surface area (Å²) in [6, 6.07) is 2.85. The molecule has 0 amide bonds. The van der Waals surface area contributed by atoms with E-state index in [0.29, 0.717) is 5.76 Å². The Labute approximate surface area is 71.6 Å². The lowest BCUT2D eigenvalue weighted by Gasteiger charge is -2.11. The molecule has 0 fully saturated rings. The Hall–Kier alpha value is -1.09. The van der Waals surface area contributed by atoms with Crippen LogP contribution in [-0.4, -0.2) is 11.8 Å². The van der Waals surface area contributed by atoms with Crippen LogP contribution >= 0.6 is 0 Å². The molecule has 3 heteroatoms. The number of ketones is 1. The number of rotatable bonds is 3. The van der Waals surface area contributed by atoms with Crippen molar-refractivity contribution in [3.63, 3.8) is 0 Å². The molecule has 1 aromatic rings. The van der Waals surface area contributed by atoms with Crippen LogP contribution in [0, 0.1) is 5.92 Å². The van der Waals surface area contributed by atoms with Crippen LogP contribution in [0.5, 0.6) is 0 Å². The van der Waals surface area contributed by atoms with Gasteiger partial charge in [-0.05, 0) is 18.1 Å². The second kappa shape index (κ2) is 3.54. The van der Waals surface area contributed by atoms with Crippen LogP contribution in [0.15, 0.2) is 22.8 Å². The minimum absolute atomic E-state index is 0.130. The van der Waals surface area contributed by atoms with Crippen molar-refractivity contribution in [3.05, 3.63) is 24.2 Å². The maximum absolute atomic E-state index is 11.4. The summed E-state index contributed by atoms with van der Waals surface area (Å²) < 4.78 is 4.94. The molecular formula is C9H13NO2. The SMILES string of the molecule is CC(C)C(N)C(=O)c1ccco1. The lowest BCUT2D eigenvalue weighted by molar-refractivity contribution is 0.0913. The van der Waals surface area contributed by atoms with Crippen LogP contribution in [0.25, 0.3) is 0 Å². The molecule has 1 heterocycles. The molecule has 0 aliphatic heterocycles. The van der Waals surface area contributed by atoms with Gasteiger partial charge in [-0.1, -0.05) is 13.8 Å². The van der Waals surface area contributed by atoms with E-state index in [2.05, 4.69) is 0 Å². The van der Waals surface area contributed by atoms with Crippen molar-refractivity contribution in [2.75, 3.05) is 0 Å². The van der Waals surface area contributed by atoms with Gasteiger partial charge in [-0.25, -0.2) is 0 Å². The summed E-state index contributed by atoms with van der Waals surface area (Å²) in [6.07, 6.45) is 1.47. The van der Waals surface area contributed by atoms with Crippen LogP contribution in [0.4, 0.5) is 0 Å². The fourth-order valence-electron chi connectivity index (χ4n) is 0.886. The van der Waals surface area contributed by atoms with Gasteiger partial charge in [-0.15, -0.1) is 0 Å². The highest BCUT2D eigenvalue weighted by molar-refractivity contribution is 5.97. The standard InChI is InChI=1S/C9H13NO2/c1-6(2)8(10)9(11)7-4-3-5-12-7/h3-6,8H,10H2,1-2H3. The first-order valence-electron chi connectivity index (χ1n) is 3.96. The Balaban J connectivity index is 2.72. The summed E-state index contributed by atoms with van der Waals surface area (Å²) in [6.45, 7) is 3.82. The van der Waals surface area contributed by atoms with Crippen LogP contribution in [0.3, 0.4) is 0 Å². The zero-order valence-electron chi connectivity index (χ0n) is 7.28. The first-order chi connectivity index (χ1) is 5.63. The van der Waals surface area contributed by atoms with Crippen LogP contribution in [0.1, 0.15) is 24.4 Å². The molecule has 12 heavy (non-hydrogen) atoms. The van der Waals surface area contributed by atoms with Crippen molar-refractivity contribution < 1.29 is 9.21 Å². The fourth-order valence-corrected chi connectivity index (χ4v) is 0.886. The summed E-state index contributed by atoms with van der Waals surface area (Å²) in [5.74, 6) is 0.355. The summed E-state index contributed by atoms with van der Waals surface area (Å²) in [7, 11) is 0. The number of hydrogen-bond donors (Lipinski definition) is 1. The highest BCUT2D eigenvalue weighted by Gasteiger charge is 2.20. The second-order valence-electron chi connectivity index (χ2n) is 3.11. The lowest BCUT2D eigenvalue weighted by Crippen LogP contribution is -2.35. The van der Waals surface area contributed by atoms with Gasteiger partial charge in [-0.3, -0.25) is 4.79 Å². The predicted octanol–water partition coefficient (Wildman–Crippen LogP) is 1.45. The Morgan fingerprint density at radius 3 is 2.67 bits per heavy atom. The number of carbonyl (C=O) groups excluding carboxylic acids is 1. The molecule has 0 bridgehead atoms. The summed E-state index contributed by atoms with van der Waals surface area (Å²) in [4.78, 5) is 11.4. The summed E-state index contributed by atoms with van der Waals surface area (Å²) in [5.41, 5.74) is 5.64. The topological polar surface area (TPSA) is 56.2 Å². The third-order valence-electron chi connectivity index (χ3n) is 1.79. The summed E-state index contributed by atoms with van der Waals surface area (Å²) >= 11 is 0. The van der Waals surface area contributed by atoms with Gasteiger partial charge in [0.25, 0.3) is 0 Å². The van der Waals surface area contributed by atoms with Gasteiger partial charge in [0.2, 0.25) is 5.78 Å². The van der Waals surface area contributed by atoms with Crippen molar-refractivity contribution in [2.24, 2.45) is 11.7 Å². The Morgan fingerprint density at radius 1 is 1.58 bits per heavy atom. The first-order valence-corrected chi connectivity index (χ1v) is 3.96. The predicted molar refractivity (Wildman–Crippen MR) is 45.9 cm³/mol. The molecule has 1 rings (SSSR count). The average Bonchev–Trinajstić information content (AvgIpc) is 2.53. The van der Waals surface area contributed by atoms with Crippen LogP contribution < -0.4 is 5.73 Å². The number of Topliss-reactive ketones (excluding diaryl/α,β-unsaturated/α-hetero) is 1. The molecule has 0 aliphatic rings. The first kappa shape index (κ1) is 9.00. The Bertz CT molecular complexity index is 252. The van der Waals surface area contributed by atoms with E-state index in [4.69, 9.17) is 10.2 Å². The van der Waals surface area contributed by atoms with Gasteiger partial charge in [0.15, 0.2) is 5.76 Å². The quantitative estimate of drug-likeness (QED) is 0.693. The van der Waals surface area contributed by atoms with Gasteiger partial charge in [-0.2, -0.15) is 0 Å². The van der Waals surface area contributed by atoms with E-state index in [1.54, 1.807) is 12.1 Å². The van der Waals surface area contributed by atoms with Crippen molar-refractivity contribution in [3.8, 4) is 0 Å². The smallest absolute Gasteiger partial charge is 0.214 e. The molecule has 0 spiro atoms. The number of carbonyl (C=O) groups is 1. The fraction of sp³-hybridized carbons (Fsp3) is 0.444. The molecule has 3 nitrogen and oxygen atoms in total. The van der Waals surface area contributed by atoms with Crippen LogP contribution in [-0.2, 0) is 0 Å². The molecule has 0 aromatic carbocycles. The average molecular weight is 167 g/mol. The Morgan fingerprint density at radius 2 is 2.25 bits per heavy atom. The third-order valence-corrected chi connectivity index (χ3v) is 1.79. The van der Waals surface area contributed by atoms with E-state index in [1.165, 1.54) is 6.26 Å². The largest absolute Gasteiger partial charge is 0.461 e. The minimum atomic E-state index is -0.462. The van der Waals surface area contributed by atoms with Crippen molar-refractivity contribution in [2.45, 2.75) is 19.9 Å². The highest BCUT2D eigenvalue weighted by Crippen LogP contribution is 2.08. The molecule has 1 atom stereocenters. The van der Waals surface area contributed by atoms with E-state index >= 15 is 0 Å². The minimum Gasteiger partial charge on any atom is -0.461 e. The van der Waals surface area contributed by atoms with Gasteiger partial charge < -0.3 is 10.2 Å². The lowest BCUT2D eigenvalue weighted by atomic mass is 10.00. The van der Waals surface area contributed by atoms with E-state index < -0.39 is 6.04 Å². The number of hydrogen-bond acceptors (Lipinski definition) is 3. The van der Waals surface area contributed by atoms with Gasteiger partial charge in [0, 0.05) is 0 Å². The second-order valence-corrected chi connectivity index (χ2v) is 3.11. The van der Waals surface area contributed by atoms with Crippen LogP contribution in [0.2, 0.25) is 0 Å². The number of nitrogens with two attached hydrogens (primary N) is 1. The molecule has 1 unspecified atom stereocenters. The molecule has 0 saturated heterocycles. The molecule has 0 radical (unpaired) electrons. The van der Waals surface area contributed by atoms with E-state index in [9.17, 15) is 4.79 Å². The maximum Gasteiger partial charge on any atom is 0.214 e. The van der Waals surface area contributed by atoms with Crippen molar-refractivity contribution in [1.29, 1.82) is 0 Å². The molecule has 66 valence electrons. The zero-order valence-corrected chi connectivity index (χ0v) is 7.28. The van der Waals surface area contributed by atoms with E-state index in [-0.39, 0.29) is 11.7 Å². The van der Waals surface area contributed by atoms with E-state index in [1.807, 2.05) is 13.8 Å². The molecule has 0 aliphatic carbocycles. The van der Waals surface area contributed by atoms with Gasteiger partial charge in [0.1, 0.15) is 0 Å². The molecular weight excluding hydrogens is 154 g/mol. The third kappa shape index (κ3) is 1.74. The normalized spacial score (nSPS) is 13.3. The highest BCUT2D eigenvalue weighted by atomic mass is 16.3. The van der Waals surface area contributed by atoms with Gasteiger partial charge in [0.05, 0.1) is 12.3 Å². The maximum atomic E-state index is 11.4. The van der Waals surface area contributed by atoms with E-state index in [0.717, 1.165) is 0 Å². The van der Waals surface area contributed by atoms with Crippen molar-refractivity contribution in [1.82, 2.24) is 0 Å². The summed E-state index contributed by atoms with van der Waals surface area (Å²) in [5, 5.41) is 0. The Kier molecular flexibility index (Phi) is 2.65. The number of furan rings is 1. The molecule has 1 aromatic heterocycles. The monoisotopic (exact) mass is 167 g/mol.